The maximum absolute atomic E-state index is 11.0. The molecule has 3 atom stereocenters. The molecule has 0 amide bonds. The summed E-state index contributed by atoms with van der Waals surface area (Å²) >= 11 is 0. The van der Waals surface area contributed by atoms with Gasteiger partial charge in [-0.1, -0.05) is 13.8 Å². The van der Waals surface area contributed by atoms with E-state index in [9.17, 15) is 4.79 Å². The van der Waals surface area contributed by atoms with E-state index in [-0.39, 0.29) is 5.56 Å². The smallest absolute Gasteiger partial charge is 0.335 e. The molecule has 0 spiro atoms. The number of carboxylic acid groups (broad SMARTS) is 1. The molecule has 1 aliphatic carbocycles. The van der Waals surface area contributed by atoms with Crippen molar-refractivity contribution in [3.63, 3.8) is 0 Å². The number of aromatic carboxylic acids is 1. The molecule has 3 unspecified atom stereocenters. The number of hydrogen-bond donors (Lipinski definition) is 3. The molecule has 4 heteroatoms. The second kappa shape index (κ2) is 5.51. The average molecular weight is 262 g/mol. The SMILES string of the molecule is CC1CCC(Nc2cc(C(=O)O)ccc2N)C(C)C1. The van der Waals surface area contributed by atoms with Gasteiger partial charge in [0, 0.05) is 6.04 Å². The molecular formula is C15H22N2O2. The van der Waals surface area contributed by atoms with E-state index in [0.717, 1.165) is 18.0 Å². The Labute approximate surface area is 114 Å². The van der Waals surface area contributed by atoms with Crippen LogP contribution in [0.4, 0.5) is 11.4 Å². The number of hydrogen-bond acceptors (Lipinski definition) is 3. The lowest BCUT2D eigenvalue weighted by atomic mass is 9.80. The highest BCUT2D eigenvalue weighted by Crippen LogP contribution is 2.32. The van der Waals surface area contributed by atoms with Crippen molar-refractivity contribution in [2.75, 3.05) is 11.1 Å². The third-order valence-corrected chi connectivity index (χ3v) is 4.07. The van der Waals surface area contributed by atoms with Crippen molar-refractivity contribution in [3.8, 4) is 0 Å². The van der Waals surface area contributed by atoms with Crippen molar-refractivity contribution in [1.82, 2.24) is 0 Å². The number of nitrogens with one attached hydrogen (secondary N) is 1. The molecule has 104 valence electrons. The minimum Gasteiger partial charge on any atom is -0.478 e. The largest absolute Gasteiger partial charge is 0.478 e. The fourth-order valence-corrected chi connectivity index (χ4v) is 2.89. The van der Waals surface area contributed by atoms with Gasteiger partial charge in [0.2, 0.25) is 0 Å². The maximum Gasteiger partial charge on any atom is 0.335 e. The molecule has 0 aromatic heterocycles. The topological polar surface area (TPSA) is 75.3 Å². The summed E-state index contributed by atoms with van der Waals surface area (Å²) in [4.78, 5) is 11.0. The number of carboxylic acids is 1. The molecule has 4 N–H and O–H groups in total. The number of nitrogen functional groups attached to an aromatic ring is 1. The van der Waals surface area contributed by atoms with Gasteiger partial charge in [-0.15, -0.1) is 0 Å². The Bertz CT molecular complexity index is 473. The van der Waals surface area contributed by atoms with Gasteiger partial charge in [-0.2, -0.15) is 0 Å². The summed E-state index contributed by atoms with van der Waals surface area (Å²) in [6.07, 6.45) is 3.52. The zero-order valence-corrected chi connectivity index (χ0v) is 11.5. The number of anilines is 2. The van der Waals surface area contributed by atoms with Crippen molar-refractivity contribution in [2.45, 2.75) is 39.2 Å². The predicted molar refractivity (Wildman–Crippen MR) is 77.4 cm³/mol. The maximum atomic E-state index is 11.0. The molecule has 0 radical (unpaired) electrons. The van der Waals surface area contributed by atoms with Crippen molar-refractivity contribution in [2.24, 2.45) is 11.8 Å². The Morgan fingerprint density at radius 1 is 1.37 bits per heavy atom. The van der Waals surface area contributed by atoms with Gasteiger partial charge in [-0.05, 0) is 49.3 Å². The highest BCUT2D eigenvalue weighted by molar-refractivity contribution is 5.90. The van der Waals surface area contributed by atoms with Crippen LogP contribution in [0.2, 0.25) is 0 Å². The van der Waals surface area contributed by atoms with Gasteiger partial charge in [-0.25, -0.2) is 4.79 Å². The van der Waals surface area contributed by atoms with Crippen LogP contribution in [0, 0.1) is 11.8 Å². The Morgan fingerprint density at radius 3 is 2.74 bits per heavy atom. The summed E-state index contributed by atoms with van der Waals surface area (Å²) in [6.45, 7) is 4.52. The second-order valence-corrected chi connectivity index (χ2v) is 5.75. The van der Waals surface area contributed by atoms with Gasteiger partial charge in [0.1, 0.15) is 0 Å². The van der Waals surface area contributed by atoms with E-state index in [1.165, 1.54) is 18.9 Å². The first-order valence-corrected chi connectivity index (χ1v) is 6.86. The third kappa shape index (κ3) is 3.19. The summed E-state index contributed by atoms with van der Waals surface area (Å²) in [7, 11) is 0. The van der Waals surface area contributed by atoms with Crippen molar-refractivity contribution in [1.29, 1.82) is 0 Å². The van der Waals surface area contributed by atoms with Crippen LogP contribution in [-0.2, 0) is 0 Å². The molecule has 1 fully saturated rings. The lowest BCUT2D eigenvalue weighted by Crippen LogP contribution is -2.33. The molecule has 2 rings (SSSR count). The molecule has 4 nitrogen and oxygen atoms in total. The minimum absolute atomic E-state index is 0.272. The number of rotatable bonds is 3. The molecule has 0 bridgehead atoms. The van der Waals surface area contributed by atoms with Gasteiger partial charge >= 0.3 is 5.97 Å². The van der Waals surface area contributed by atoms with Crippen LogP contribution >= 0.6 is 0 Å². The Hall–Kier alpha value is -1.71. The van der Waals surface area contributed by atoms with E-state index in [2.05, 4.69) is 19.2 Å². The van der Waals surface area contributed by atoms with Gasteiger partial charge < -0.3 is 16.2 Å². The Balaban J connectivity index is 2.14. The van der Waals surface area contributed by atoms with Crippen LogP contribution in [0.5, 0.6) is 0 Å². The van der Waals surface area contributed by atoms with Gasteiger partial charge in [0.05, 0.1) is 16.9 Å². The van der Waals surface area contributed by atoms with Gasteiger partial charge in [-0.3, -0.25) is 0 Å². The monoisotopic (exact) mass is 262 g/mol. The molecule has 1 aromatic carbocycles. The van der Waals surface area contributed by atoms with E-state index < -0.39 is 5.97 Å². The minimum atomic E-state index is -0.923. The fraction of sp³-hybridized carbons (Fsp3) is 0.533. The lowest BCUT2D eigenvalue weighted by Gasteiger charge is -2.34. The second-order valence-electron chi connectivity index (χ2n) is 5.75. The van der Waals surface area contributed by atoms with Crippen LogP contribution in [-0.4, -0.2) is 17.1 Å². The molecule has 1 aliphatic rings. The standard InChI is InChI=1S/C15H22N2O2/c1-9-3-6-13(10(2)7-9)17-14-8-11(15(18)19)4-5-12(14)16/h4-5,8-10,13,17H,3,6-7,16H2,1-2H3,(H,18,19). The van der Waals surface area contributed by atoms with Crippen LogP contribution in [0.3, 0.4) is 0 Å². The quantitative estimate of drug-likeness (QED) is 0.731. The van der Waals surface area contributed by atoms with E-state index in [0.29, 0.717) is 17.6 Å². The molecule has 0 aliphatic heterocycles. The van der Waals surface area contributed by atoms with E-state index >= 15 is 0 Å². The number of nitrogens with two attached hydrogens (primary N) is 1. The molecular weight excluding hydrogens is 240 g/mol. The van der Waals surface area contributed by atoms with Crippen molar-refractivity contribution >= 4 is 17.3 Å². The third-order valence-electron chi connectivity index (χ3n) is 4.07. The summed E-state index contributed by atoms with van der Waals surface area (Å²) in [5.41, 5.74) is 7.55. The first kappa shape index (κ1) is 13.7. The fourth-order valence-electron chi connectivity index (χ4n) is 2.89. The van der Waals surface area contributed by atoms with Crippen LogP contribution in [0.1, 0.15) is 43.5 Å². The summed E-state index contributed by atoms with van der Waals surface area (Å²) < 4.78 is 0. The summed E-state index contributed by atoms with van der Waals surface area (Å²) in [6, 6.07) is 5.20. The first-order valence-electron chi connectivity index (χ1n) is 6.86. The molecule has 19 heavy (non-hydrogen) atoms. The zero-order valence-electron chi connectivity index (χ0n) is 11.5. The van der Waals surface area contributed by atoms with Crippen LogP contribution in [0.15, 0.2) is 18.2 Å². The van der Waals surface area contributed by atoms with Gasteiger partial charge in [0.25, 0.3) is 0 Å². The number of carbonyl (C=O) groups is 1. The van der Waals surface area contributed by atoms with Crippen LogP contribution < -0.4 is 11.1 Å². The lowest BCUT2D eigenvalue weighted by molar-refractivity contribution is 0.0697. The first-order chi connectivity index (χ1) is 8.97. The van der Waals surface area contributed by atoms with Crippen molar-refractivity contribution < 1.29 is 9.90 Å². The summed E-state index contributed by atoms with van der Waals surface area (Å²) in [5.74, 6) is 0.431. The molecule has 0 saturated heterocycles. The van der Waals surface area contributed by atoms with Crippen molar-refractivity contribution in [3.05, 3.63) is 23.8 Å². The number of benzene rings is 1. The highest BCUT2D eigenvalue weighted by atomic mass is 16.4. The average Bonchev–Trinajstić information content (AvgIpc) is 2.34. The molecule has 1 saturated carbocycles. The van der Waals surface area contributed by atoms with E-state index in [1.807, 2.05) is 0 Å². The Morgan fingerprint density at radius 2 is 2.11 bits per heavy atom. The molecule has 0 heterocycles. The van der Waals surface area contributed by atoms with Gasteiger partial charge in [0.15, 0.2) is 0 Å². The predicted octanol–water partition coefficient (Wildman–Crippen LogP) is 3.20. The van der Waals surface area contributed by atoms with Crippen LogP contribution in [0.25, 0.3) is 0 Å². The van der Waals surface area contributed by atoms with E-state index in [1.54, 1.807) is 12.1 Å². The Kier molecular flexibility index (Phi) is 3.98. The zero-order chi connectivity index (χ0) is 14.0. The van der Waals surface area contributed by atoms with E-state index in [4.69, 9.17) is 10.8 Å². The summed E-state index contributed by atoms with van der Waals surface area (Å²) in [5, 5.41) is 12.5. The molecule has 1 aromatic rings. The normalized spacial score (nSPS) is 26.9. The highest BCUT2D eigenvalue weighted by Gasteiger charge is 2.25.